The van der Waals surface area contributed by atoms with Crippen LogP contribution >= 0.6 is 46.0 Å². The summed E-state index contributed by atoms with van der Waals surface area (Å²) in [6.45, 7) is 11.0. The molecule has 2 bridgehead atoms. The zero-order chi connectivity index (χ0) is 55.2. The van der Waals surface area contributed by atoms with Crippen molar-refractivity contribution in [2.45, 2.75) is 101 Å². The van der Waals surface area contributed by atoms with E-state index < -0.39 is 58.9 Å². The maximum absolute atomic E-state index is 15.3. The molecule has 4 aliphatic rings. The molecule has 2 unspecified atom stereocenters. The largest absolute Gasteiger partial charge is 0.391 e. The van der Waals surface area contributed by atoms with Gasteiger partial charge in [0.15, 0.2) is 0 Å². The number of aryl methyl sites for hydroxylation is 1. The van der Waals surface area contributed by atoms with E-state index in [2.05, 4.69) is 31.9 Å². The van der Waals surface area contributed by atoms with Crippen molar-refractivity contribution in [2.75, 3.05) is 75.7 Å². The molecule has 6 aromatic rings. The number of amides is 3. The van der Waals surface area contributed by atoms with Gasteiger partial charge in [-0.05, 0) is 60.9 Å². The Morgan fingerprint density at radius 1 is 1.04 bits per heavy atom. The molecule has 3 aromatic heterocycles. The highest BCUT2D eigenvalue weighted by molar-refractivity contribution is 7.99. The second-order valence-electron chi connectivity index (χ2n) is 21.4. The number of ether oxygens (including phenoxy) is 3. The van der Waals surface area contributed by atoms with Crippen molar-refractivity contribution >= 4 is 95.6 Å². The quantitative estimate of drug-likeness (QED) is 0.0547. The molecular weight excluding hydrogens is 1080 g/mol. The minimum Gasteiger partial charge on any atom is -0.391 e. The van der Waals surface area contributed by atoms with Crippen LogP contribution in [-0.2, 0) is 28.6 Å². The lowest BCUT2D eigenvalue weighted by atomic mass is 9.85. The average Bonchev–Trinajstić information content (AvgIpc) is 4.34. The summed E-state index contributed by atoms with van der Waals surface area (Å²) in [7, 11) is 0. The van der Waals surface area contributed by atoms with Gasteiger partial charge < -0.3 is 50.8 Å². The highest BCUT2D eigenvalue weighted by Gasteiger charge is 2.45. The van der Waals surface area contributed by atoms with Crippen LogP contribution in [0.15, 0.2) is 57.7 Å². The number of rotatable bonds is 18. The number of β-amino-alcohol motifs (C(OH)–C–C–N with tert-alkyl or cyclic N) is 1. The molecule has 23 heteroatoms. The Morgan fingerprint density at radius 2 is 1.76 bits per heavy atom. The highest BCUT2D eigenvalue weighted by Crippen LogP contribution is 2.51. The van der Waals surface area contributed by atoms with Gasteiger partial charge in [-0.3, -0.25) is 19.0 Å². The van der Waals surface area contributed by atoms with Crippen molar-refractivity contribution in [1.29, 1.82) is 5.26 Å². The van der Waals surface area contributed by atoms with Crippen LogP contribution in [0.4, 0.5) is 15.2 Å². The molecule has 3 fully saturated rings. The fourth-order valence-corrected chi connectivity index (χ4v) is 14.5. The highest BCUT2D eigenvalue weighted by atomic mass is 35.5. The van der Waals surface area contributed by atoms with Crippen LogP contribution in [0, 0.1) is 29.5 Å². The van der Waals surface area contributed by atoms with Crippen LogP contribution in [0.25, 0.3) is 42.6 Å². The summed E-state index contributed by atoms with van der Waals surface area (Å²) in [5.41, 5.74) is 11.7. The van der Waals surface area contributed by atoms with Gasteiger partial charge >= 0.3 is 5.69 Å². The molecule has 0 radical (unpaired) electrons. The molecule has 18 nitrogen and oxygen atoms in total. The predicted molar refractivity (Wildman–Crippen MR) is 302 cm³/mol. The number of carbonyl (C=O) groups excluding carboxylic acids is 3. The number of aliphatic hydroxyl groups is 1. The second-order valence-corrected chi connectivity index (χ2v) is 24.8. The van der Waals surface area contributed by atoms with E-state index >= 15 is 4.39 Å². The number of thiophene rings is 1. The fourth-order valence-electron chi connectivity index (χ4n) is 11.1. The number of nitrogen functional groups attached to an aromatic ring is 1. The van der Waals surface area contributed by atoms with Crippen LogP contribution < -0.4 is 32.3 Å². The summed E-state index contributed by atoms with van der Waals surface area (Å²) in [5, 5.41) is 32.0. The number of thiazole rings is 1. The smallest absolute Gasteiger partial charge is 0.350 e. The second kappa shape index (κ2) is 23.2. The summed E-state index contributed by atoms with van der Waals surface area (Å²) in [4.78, 5) is 69.9. The molecule has 3 amide bonds. The molecular formula is C55H62ClFN10O8S3. The fraction of sp³-hybridized carbons (Fsp3) is 0.473. The zero-order valence-electron chi connectivity index (χ0n) is 43.9. The van der Waals surface area contributed by atoms with Crippen LogP contribution in [-0.4, -0.2) is 138 Å². The van der Waals surface area contributed by atoms with E-state index in [0.717, 1.165) is 50.8 Å². The third-order valence-corrected chi connectivity index (χ3v) is 18.5. The third-order valence-electron chi connectivity index (χ3n) is 14.9. The zero-order valence-corrected chi connectivity index (χ0v) is 47.1. The van der Waals surface area contributed by atoms with E-state index in [0.29, 0.717) is 57.1 Å². The van der Waals surface area contributed by atoms with Crippen LogP contribution in [0.2, 0.25) is 5.02 Å². The Hall–Kier alpha value is -5.74. The van der Waals surface area contributed by atoms with E-state index in [1.54, 1.807) is 27.5 Å². The first kappa shape index (κ1) is 55.6. The van der Waals surface area contributed by atoms with Gasteiger partial charge in [0.05, 0.1) is 88.1 Å². The number of aromatic nitrogens is 3. The molecule has 6 N–H and O–H groups in total. The number of nitriles is 1. The Labute approximate surface area is 467 Å². The number of hydrogen-bond donors (Lipinski definition) is 5. The normalized spacial score (nSPS) is 20.8. The van der Waals surface area contributed by atoms with Crippen molar-refractivity contribution in [3.63, 3.8) is 0 Å². The van der Waals surface area contributed by atoms with Crippen molar-refractivity contribution < 1.29 is 38.1 Å². The molecule has 0 aliphatic carbocycles. The van der Waals surface area contributed by atoms with Gasteiger partial charge in [-0.1, -0.05) is 62.7 Å². The minimum absolute atomic E-state index is 0.0532. The molecule has 78 heavy (non-hydrogen) atoms. The number of anilines is 2. The SMILES string of the molecule is Cc1ncsc1-c1ccc([C@H](C)NC(=O)[C@@H]2C[C@@H](O)CN2C(=O)[C@@H](NC(=O)COCCOCCOC[C@H]2CSc3c(-c4ccc(F)c5sc(N)c(C#N)c45)c(Cl)cc4c(N5CC6CCC(C5)N6)nc(=O)n2c34)C(C)(C)C)cc1. The number of aliphatic hydroxyl groups excluding tert-OH is 1. The standard InChI is InChI=1S/C55H62ClFN10O8S3/c1-28(30-6-8-31(9-7-30)46-29(2)60-27-77-46)61-52(70)41-18-35(68)23-66(41)53(71)49(55(3,4)5)63-42(69)25-75-17-15-73-14-16-74-24-34-26-76-48-44(36-12-13-40(57)47-43(36)38(20-58)50(59)78-47)39(56)19-37-45(48)67(34)54(72)64-51(37)65-21-32-10-11-33(22-65)62-32/h6-9,12-13,19,27-28,32-35,41,49,62,68H,10-11,14-18,21-26,59H2,1-5H3,(H,61,70)(H,63,69)/t28-,32?,33?,34-,35+,41-,49+/m0/s1. The summed E-state index contributed by atoms with van der Waals surface area (Å²) in [6.07, 6.45) is 1.22. The number of benzene rings is 3. The first-order chi connectivity index (χ1) is 37.4. The maximum Gasteiger partial charge on any atom is 0.350 e. The number of nitrogens with two attached hydrogens (primary N) is 1. The molecule has 7 atom stereocenters. The summed E-state index contributed by atoms with van der Waals surface area (Å²) < 4.78 is 34.7. The Kier molecular flexibility index (Phi) is 16.5. The summed E-state index contributed by atoms with van der Waals surface area (Å²) >= 11 is 11.3. The molecule has 7 heterocycles. The Balaban J connectivity index is 0.733. The lowest BCUT2D eigenvalue weighted by Gasteiger charge is -2.36. The van der Waals surface area contributed by atoms with Crippen LogP contribution in [0.3, 0.4) is 0 Å². The number of likely N-dealkylation sites (tertiary alicyclic amines) is 1. The van der Waals surface area contributed by atoms with Gasteiger partial charge in [0.2, 0.25) is 17.7 Å². The van der Waals surface area contributed by atoms with Crippen LogP contribution in [0.5, 0.6) is 0 Å². The average molecular weight is 1140 g/mol. The molecule has 3 saturated heterocycles. The van der Waals surface area contributed by atoms with E-state index in [9.17, 15) is 29.5 Å². The molecule has 10 rings (SSSR count). The number of nitrogens with zero attached hydrogens (tertiary/aromatic N) is 6. The number of nitrogens with one attached hydrogen (secondary N) is 3. The molecule has 0 spiro atoms. The van der Waals surface area contributed by atoms with E-state index in [1.807, 2.05) is 65.0 Å². The first-order valence-electron chi connectivity index (χ1n) is 26.1. The van der Waals surface area contributed by atoms with Gasteiger partial charge in [0, 0.05) is 65.1 Å². The summed E-state index contributed by atoms with van der Waals surface area (Å²) in [5.74, 6) is -0.916. The van der Waals surface area contributed by atoms with E-state index in [1.165, 1.54) is 22.7 Å². The van der Waals surface area contributed by atoms with Gasteiger partial charge in [-0.15, -0.1) is 34.4 Å². The Morgan fingerprint density at radius 3 is 2.45 bits per heavy atom. The first-order valence-corrected chi connectivity index (χ1v) is 29.1. The van der Waals surface area contributed by atoms with Crippen molar-refractivity contribution in [1.82, 2.24) is 35.4 Å². The molecule has 4 aliphatic heterocycles. The van der Waals surface area contributed by atoms with Crippen molar-refractivity contribution in [2.24, 2.45) is 5.41 Å². The van der Waals surface area contributed by atoms with Crippen LogP contribution in [0.1, 0.15) is 75.9 Å². The Bertz CT molecular complexity index is 3370. The summed E-state index contributed by atoms with van der Waals surface area (Å²) in [6, 6.07) is 12.6. The number of carbonyl (C=O) groups is 3. The van der Waals surface area contributed by atoms with Gasteiger partial charge in [0.25, 0.3) is 0 Å². The maximum atomic E-state index is 15.3. The van der Waals surface area contributed by atoms with E-state index in [-0.39, 0.29) is 86.0 Å². The van der Waals surface area contributed by atoms with Crippen molar-refractivity contribution in [3.05, 3.63) is 86.1 Å². The number of piperazine rings is 1. The topological polar surface area (TPSA) is 239 Å². The monoisotopic (exact) mass is 1140 g/mol. The minimum atomic E-state index is -1.02. The number of thioether (sulfide) groups is 1. The van der Waals surface area contributed by atoms with Gasteiger partial charge in [0.1, 0.15) is 41.4 Å². The molecule has 412 valence electrons. The molecule has 0 saturated carbocycles. The van der Waals surface area contributed by atoms with Gasteiger partial charge in [-0.25, -0.2) is 14.2 Å². The van der Waals surface area contributed by atoms with Gasteiger partial charge in [-0.2, -0.15) is 10.2 Å². The lowest BCUT2D eigenvalue weighted by Crippen LogP contribution is -2.58. The number of hydrogen-bond acceptors (Lipinski definition) is 17. The lowest BCUT2D eigenvalue weighted by molar-refractivity contribution is -0.144. The predicted octanol–water partition coefficient (Wildman–Crippen LogP) is 6.96. The molecule has 3 aromatic carbocycles. The van der Waals surface area contributed by atoms with Crippen molar-refractivity contribution in [3.8, 4) is 27.6 Å². The number of fused-ring (bicyclic) bond motifs is 3. The number of halogens is 2. The van der Waals surface area contributed by atoms with E-state index in [4.69, 9.17) is 36.5 Å². The third kappa shape index (κ3) is 11.2.